The van der Waals surface area contributed by atoms with E-state index in [1.165, 1.54) is 24.1 Å². The summed E-state index contributed by atoms with van der Waals surface area (Å²) in [6.07, 6.45) is 1.08. The lowest BCUT2D eigenvalue weighted by Gasteiger charge is -2.33. The van der Waals surface area contributed by atoms with E-state index >= 15 is 0 Å². The second kappa shape index (κ2) is 14.4. The highest BCUT2D eigenvalue weighted by atomic mass is 32.2. The number of rotatable bonds is 14. The van der Waals surface area contributed by atoms with Crippen molar-refractivity contribution in [3.63, 3.8) is 0 Å². The second-order valence-electron chi connectivity index (χ2n) is 10.2. The smallest absolute Gasteiger partial charge is 0.271 e. The molecular weight excluding hydrogens is 560 g/mol. The lowest BCUT2D eigenvalue weighted by Crippen LogP contribution is -2.53. The summed E-state index contributed by atoms with van der Waals surface area (Å²) in [5, 5.41) is 14.4. The van der Waals surface area contributed by atoms with Crippen LogP contribution in [-0.2, 0) is 32.6 Å². The summed E-state index contributed by atoms with van der Waals surface area (Å²) in [5.74, 6) is -0.857. The summed E-state index contributed by atoms with van der Waals surface area (Å²) < 4.78 is 32.1. The van der Waals surface area contributed by atoms with Gasteiger partial charge in [0.1, 0.15) is 24.0 Å². The summed E-state index contributed by atoms with van der Waals surface area (Å²) in [6.45, 7) is 3.60. The number of nitrogens with one attached hydrogen (secondary N) is 1. The van der Waals surface area contributed by atoms with Crippen LogP contribution in [0.5, 0.6) is 5.75 Å². The second-order valence-corrected chi connectivity index (χ2v) is 12.1. The van der Waals surface area contributed by atoms with Crippen LogP contribution in [0.1, 0.15) is 25.0 Å². The Morgan fingerprint density at radius 3 is 2.10 bits per heavy atom. The normalized spacial score (nSPS) is 11.9. The molecule has 0 radical (unpaired) electrons. The van der Waals surface area contributed by atoms with E-state index in [4.69, 9.17) is 4.74 Å². The summed E-state index contributed by atoms with van der Waals surface area (Å²) in [5.41, 5.74) is 1.02. The Morgan fingerprint density at radius 1 is 0.976 bits per heavy atom. The molecule has 0 aliphatic rings. The fourth-order valence-corrected chi connectivity index (χ4v) is 5.18. The number of benzene rings is 3. The molecule has 3 aromatic carbocycles. The maximum Gasteiger partial charge on any atom is 0.271 e. The van der Waals surface area contributed by atoms with Crippen LogP contribution in [0.25, 0.3) is 0 Å². The third kappa shape index (κ3) is 8.77. The number of amides is 2. The first-order valence-electron chi connectivity index (χ1n) is 13.4. The SMILES string of the molecule is COc1ccc([N+](=O)[O-])cc1N(CC(=O)N(Cc1ccccc1)C(Cc1ccccc1)C(=O)NCC(C)C)S(C)(=O)=O. The maximum absolute atomic E-state index is 14.1. The fraction of sp³-hybridized carbons (Fsp3) is 0.333. The van der Waals surface area contributed by atoms with Gasteiger partial charge in [0.25, 0.3) is 5.69 Å². The zero-order valence-electron chi connectivity index (χ0n) is 24.1. The molecule has 12 heteroatoms. The lowest BCUT2D eigenvalue weighted by molar-refractivity contribution is -0.384. The molecule has 1 N–H and O–H groups in total. The molecule has 2 amide bonds. The Labute approximate surface area is 246 Å². The van der Waals surface area contributed by atoms with Gasteiger partial charge in [0.15, 0.2) is 0 Å². The number of nitrogens with zero attached hydrogens (tertiary/aromatic N) is 3. The van der Waals surface area contributed by atoms with Crippen LogP contribution >= 0.6 is 0 Å². The highest BCUT2D eigenvalue weighted by Gasteiger charge is 2.34. The topological polar surface area (TPSA) is 139 Å². The van der Waals surface area contributed by atoms with Crippen LogP contribution in [0.4, 0.5) is 11.4 Å². The number of methoxy groups -OCH3 is 1. The molecule has 0 saturated carbocycles. The average Bonchev–Trinajstić information content (AvgIpc) is 2.96. The van der Waals surface area contributed by atoms with Crippen LogP contribution in [0, 0.1) is 16.0 Å². The maximum atomic E-state index is 14.1. The molecule has 0 aliphatic heterocycles. The monoisotopic (exact) mass is 596 g/mol. The minimum atomic E-state index is -4.14. The number of nitro groups is 1. The van der Waals surface area contributed by atoms with Crippen molar-refractivity contribution in [3.8, 4) is 5.75 Å². The number of ether oxygens (including phenoxy) is 1. The van der Waals surface area contributed by atoms with E-state index in [0.717, 1.165) is 27.8 Å². The third-order valence-corrected chi connectivity index (χ3v) is 7.60. The summed E-state index contributed by atoms with van der Waals surface area (Å²) in [6, 6.07) is 20.8. The highest BCUT2D eigenvalue weighted by Crippen LogP contribution is 2.34. The predicted octanol–water partition coefficient (Wildman–Crippen LogP) is 3.78. The standard InChI is InChI=1S/C30H36N4O7S/c1-22(2)19-31-30(36)27(17-23-11-7-5-8-12-23)32(20-24-13-9-6-10-14-24)29(35)21-33(42(4,39)40)26-18-25(34(37)38)15-16-28(26)41-3/h5-16,18,22,27H,17,19-21H2,1-4H3,(H,31,36). The van der Waals surface area contributed by atoms with E-state index in [-0.39, 0.29) is 41.9 Å². The van der Waals surface area contributed by atoms with E-state index < -0.39 is 33.4 Å². The molecule has 1 atom stereocenters. The quantitative estimate of drug-likeness (QED) is 0.221. The number of carbonyl (C=O) groups excluding carboxylic acids is 2. The molecule has 3 aromatic rings. The number of sulfonamides is 1. The van der Waals surface area contributed by atoms with Gasteiger partial charge in [-0.15, -0.1) is 0 Å². The zero-order valence-corrected chi connectivity index (χ0v) is 24.9. The molecule has 11 nitrogen and oxygen atoms in total. The molecule has 0 fully saturated rings. The molecular formula is C30H36N4O7S. The first-order chi connectivity index (χ1) is 19.9. The van der Waals surface area contributed by atoms with Crippen molar-refractivity contribution in [1.82, 2.24) is 10.2 Å². The molecule has 42 heavy (non-hydrogen) atoms. The summed E-state index contributed by atoms with van der Waals surface area (Å²) >= 11 is 0. The third-order valence-electron chi connectivity index (χ3n) is 6.47. The number of hydrogen-bond donors (Lipinski definition) is 1. The lowest BCUT2D eigenvalue weighted by atomic mass is 10.0. The van der Waals surface area contributed by atoms with E-state index in [1.54, 1.807) is 12.1 Å². The van der Waals surface area contributed by atoms with Crippen molar-refractivity contribution in [1.29, 1.82) is 0 Å². The van der Waals surface area contributed by atoms with Crippen molar-refractivity contribution in [2.45, 2.75) is 32.9 Å². The summed E-state index contributed by atoms with van der Waals surface area (Å²) in [7, 11) is -2.84. The molecule has 0 heterocycles. The van der Waals surface area contributed by atoms with E-state index in [1.807, 2.05) is 62.4 Å². The van der Waals surface area contributed by atoms with Gasteiger partial charge in [-0.1, -0.05) is 74.5 Å². The molecule has 3 rings (SSSR count). The average molecular weight is 597 g/mol. The summed E-state index contributed by atoms with van der Waals surface area (Å²) in [4.78, 5) is 39.9. The van der Waals surface area contributed by atoms with E-state index in [2.05, 4.69) is 5.32 Å². The Hall–Kier alpha value is -4.45. The van der Waals surface area contributed by atoms with Crippen molar-refractivity contribution in [2.75, 3.05) is 30.8 Å². The minimum Gasteiger partial charge on any atom is -0.495 e. The molecule has 0 saturated heterocycles. The first-order valence-corrected chi connectivity index (χ1v) is 15.2. The van der Waals surface area contributed by atoms with Crippen LogP contribution in [-0.4, -0.2) is 62.6 Å². The fourth-order valence-electron chi connectivity index (χ4n) is 4.34. The predicted molar refractivity (Wildman–Crippen MR) is 161 cm³/mol. The van der Waals surface area contributed by atoms with Gasteiger partial charge in [-0.05, 0) is 23.1 Å². The molecule has 224 valence electrons. The first kappa shape index (κ1) is 32.1. The Bertz CT molecular complexity index is 1480. The Kier molecular flexibility index (Phi) is 11.0. The van der Waals surface area contributed by atoms with Crippen LogP contribution in [0.2, 0.25) is 0 Å². The van der Waals surface area contributed by atoms with Crippen molar-refractivity contribution in [2.24, 2.45) is 5.92 Å². The number of nitro benzene ring substituents is 1. The van der Waals surface area contributed by atoms with Gasteiger partial charge in [-0.2, -0.15) is 0 Å². The molecule has 0 spiro atoms. The van der Waals surface area contributed by atoms with Crippen molar-refractivity contribution in [3.05, 3.63) is 100 Å². The van der Waals surface area contributed by atoms with Gasteiger partial charge in [-0.25, -0.2) is 8.42 Å². The van der Waals surface area contributed by atoms with Crippen LogP contribution in [0.15, 0.2) is 78.9 Å². The van der Waals surface area contributed by atoms with Crippen LogP contribution in [0.3, 0.4) is 0 Å². The van der Waals surface area contributed by atoms with Gasteiger partial charge < -0.3 is 15.0 Å². The van der Waals surface area contributed by atoms with E-state index in [0.29, 0.717) is 6.54 Å². The molecule has 0 aromatic heterocycles. The van der Waals surface area contributed by atoms with Crippen LogP contribution < -0.4 is 14.4 Å². The van der Waals surface area contributed by atoms with Gasteiger partial charge in [0, 0.05) is 31.6 Å². The number of anilines is 1. The van der Waals surface area contributed by atoms with Gasteiger partial charge in [-0.3, -0.25) is 24.0 Å². The molecule has 1 unspecified atom stereocenters. The number of carbonyl (C=O) groups is 2. The zero-order chi connectivity index (χ0) is 30.9. The number of hydrogen-bond acceptors (Lipinski definition) is 7. The van der Waals surface area contributed by atoms with Gasteiger partial charge in [0.05, 0.1) is 18.3 Å². The van der Waals surface area contributed by atoms with Crippen molar-refractivity contribution >= 4 is 33.2 Å². The Balaban J connectivity index is 2.10. The van der Waals surface area contributed by atoms with Crippen molar-refractivity contribution < 1.29 is 27.7 Å². The van der Waals surface area contributed by atoms with Gasteiger partial charge >= 0.3 is 0 Å². The van der Waals surface area contributed by atoms with Gasteiger partial charge in [0.2, 0.25) is 21.8 Å². The molecule has 0 aliphatic carbocycles. The minimum absolute atomic E-state index is 0.0238. The Morgan fingerprint density at radius 2 is 1.57 bits per heavy atom. The molecule has 0 bridgehead atoms. The largest absolute Gasteiger partial charge is 0.495 e. The number of non-ortho nitro benzene ring substituents is 1. The van der Waals surface area contributed by atoms with E-state index in [9.17, 15) is 28.1 Å². The highest BCUT2D eigenvalue weighted by molar-refractivity contribution is 7.92.